The van der Waals surface area contributed by atoms with E-state index >= 15 is 0 Å². The average Bonchev–Trinajstić information content (AvgIpc) is 2.83. The van der Waals surface area contributed by atoms with Crippen molar-refractivity contribution in [3.8, 4) is 0 Å². The van der Waals surface area contributed by atoms with Crippen LogP contribution in [0.2, 0.25) is 0 Å². The van der Waals surface area contributed by atoms with E-state index in [0.29, 0.717) is 28.7 Å². The Morgan fingerprint density at radius 3 is 1.42 bits per heavy atom. The molecule has 2 aromatic rings. The fourth-order valence-electron chi connectivity index (χ4n) is 4.27. The fourth-order valence-corrected chi connectivity index (χ4v) is 4.36. The van der Waals surface area contributed by atoms with Crippen molar-refractivity contribution < 1.29 is 28.6 Å². The summed E-state index contributed by atoms with van der Waals surface area (Å²) in [6, 6.07) is 13.1. The van der Waals surface area contributed by atoms with E-state index in [1.54, 1.807) is 0 Å². The zero-order valence-corrected chi connectivity index (χ0v) is 27.2. The van der Waals surface area contributed by atoms with Crippen LogP contribution in [0.1, 0.15) is 129 Å². The molecule has 0 spiro atoms. The topological polar surface area (TPSA) is 37.3 Å². The third-order valence-electron chi connectivity index (χ3n) is 6.36. The molecule has 3 nitrogen and oxygen atoms in total. The summed E-state index contributed by atoms with van der Waals surface area (Å²) in [6.07, 6.45) is 0. The quantitative estimate of drug-likeness (QED) is 0.272. The van der Waals surface area contributed by atoms with Crippen molar-refractivity contribution in [2.75, 3.05) is 13.2 Å². The summed E-state index contributed by atoms with van der Waals surface area (Å²) in [6.45, 7) is 27.5. The number of para-hydroxylation sites is 2. The smallest absolute Gasteiger partial charge is 0.660 e. The summed E-state index contributed by atoms with van der Waals surface area (Å²) in [7, 11) is 0. The van der Waals surface area contributed by atoms with Crippen LogP contribution in [-0.4, -0.2) is 18.9 Å². The van der Waals surface area contributed by atoms with E-state index in [1.807, 2.05) is 27.7 Å². The second-order valence-electron chi connectivity index (χ2n) is 10.8. The van der Waals surface area contributed by atoms with Crippen molar-refractivity contribution >= 4 is 28.7 Å². The van der Waals surface area contributed by atoms with Gasteiger partial charge in [-0.05, 0) is 37.5 Å². The van der Waals surface area contributed by atoms with Crippen LogP contribution in [0.5, 0.6) is 0 Å². The van der Waals surface area contributed by atoms with E-state index < -0.39 is 0 Å². The zero-order chi connectivity index (χ0) is 28.3. The summed E-state index contributed by atoms with van der Waals surface area (Å²) in [5, 5.41) is 5.74. The van der Waals surface area contributed by atoms with Gasteiger partial charge < -0.3 is 10.1 Å². The van der Waals surface area contributed by atoms with Crippen LogP contribution in [-0.2, 0) is 4.74 Å². The molecule has 206 valence electrons. The van der Waals surface area contributed by atoms with Gasteiger partial charge in [-0.2, -0.15) is 0 Å². The maximum Gasteiger partial charge on any atom is 1.00 e. The normalized spacial score (nSPS) is 12.4. The second kappa shape index (κ2) is 18.0. The van der Waals surface area contributed by atoms with Gasteiger partial charge in [-0.25, -0.2) is 4.99 Å². The number of nitrogens with one attached hydrogen (secondary N) is 1. The first-order valence-electron chi connectivity index (χ1n) is 13.9. The van der Waals surface area contributed by atoms with Gasteiger partial charge >= 0.3 is 18.9 Å². The minimum absolute atomic E-state index is 0. The van der Waals surface area contributed by atoms with Crippen molar-refractivity contribution in [1.82, 2.24) is 0 Å². The molecule has 0 bridgehead atoms. The van der Waals surface area contributed by atoms with Gasteiger partial charge in [0.1, 0.15) is 0 Å². The predicted molar refractivity (Wildman–Crippen MR) is 164 cm³/mol. The summed E-state index contributed by atoms with van der Waals surface area (Å²) in [5.41, 5.74) is 9.13. The number of ether oxygens (including phenoxy) is 1. The van der Waals surface area contributed by atoms with Gasteiger partial charge in [0.25, 0.3) is 0 Å². The first-order chi connectivity index (χ1) is 17.4. The van der Waals surface area contributed by atoms with Gasteiger partial charge in [-0.15, -0.1) is 11.4 Å². The average molecular weight is 534 g/mol. The third-order valence-corrected chi connectivity index (χ3v) is 6.92. The van der Waals surface area contributed by atoms with E-state index in [4.69, 9.17) is 21.7 Å². The zero-order valence-electron chi connectivity index (χ0n) is 26.4. The van der Waals surface area contributed by atoms with Crippen molar-refractivity contribution in [2.45, 2.75) is 107 Å². The Morgan fingerprint density at radius 2 is 1.11 bits per heavy atom. The van der Waals surface area contributed by atoms with Crippen LogP contribution in [0.4, 0.5) is 11.4 Å². The van der Waals surface area contributed by atoms with Gasteiger partial charge in [0.2, 0.25) is 5.69 Å². The molecule has 0 aromatic heterocycles. The molecule has 0 saturated heterocycles. The minimum Gasteiger partial charge on any atom is -0.660 e. The van der Waals surface area contributed by atoms with Crippen LogP contribution in [0.25, 0.3) is 5.32 Å². The molecule has 0 saturated carbocycles. The standard InChI is InChI=1S/C29H40ClN2.C4H10O.Li/c1-17(2)23-13-11-14-24(18(3)4)28(23)31-21(9)27(30)22(10)32-29-25(19(5)6)15-12-16-26(29)20(7)8;1-3-5-4-2;/h11-20H,1-10H3;3-4H2,1-2H3;/q-1;;+1/p+1/b27-21+,32-22?;;. The minimum atomic E-state index is 0. The van der Waals surface area contributed by atoms with Crippen LogP contribution in [0.15, 0.2) is 47.1 Å². The largest absolute Gasteiger partial charge is 1.00 e. The Morgan fingerprint density at radius 1 is 0.737 bits per heavy atom. The van der Waals surface area contributed by atoms with Crippen LogP contribution in [0.3, 0.4) is 0 Å². The molecule has 2 rings (SSSR count). The number of benzene rings is 2. The second-order valence-corrected chi connectivity index (χ2v) is 11.1. The number of hydrogen-bond donors (Lipinski definition) is 1. The number of rotatable bonds is 10. The summed E-state index contributed by atoms with van der Waals surface area (Å²) in [5.74, 6) is 1.63. The molecule has 1 N–H and O–H groups in total. The van der Waals surface area contributed by atoms with E-state index in [9.17, 15) is 0 Å². The maximum absolute atomic E-state index is 6.90. The number of halogens is 1. The molecule has 0 aliphatic rings. The Bertz CT molecular complexity index is 1000. The van der Waals surface area contributed by atoms with Gasteiger partial charge in [0, 0.05) is 31.3 Å². The molecule has 2 aromatic carbocycles. The Balaban J connectivity index is 0.00000208. The molecule has 5 heteroatoms. The summed E-state index contributed by atoms with van der Waals surface area (Å²) in [4.78, 5) is 3.65. The van der Waals surface area contributed by atoms with E-state index in [1.165, 1.54) is 27.9 Å². The van der Waals surface area contributed by atoms with Crippen molar-refractivity contribution in [3.63, 3.8) is 0 Å². The van der Waals surface area contributed by atoms with Crippen molar-refractivity contribution in [1.29, 1.82) is 0 Å². The van der Waals surface area contributed by atoms with Crippen molar-refractivity contribution in [3.05, 3.63) is 74.7 Å². The molecule has 0 unspecified atom stereocenters. The number of nitrogens with zero attached hydrogens (tertiary/aromatic N) is 1. The van der Waals surface area contributed by atoms with Gasteiger partial charge in [0.05, 0.1) is 5.03 Å². The van der Waals surface area contributed by atoms with Crippen LogP contribution >= 0.6 is 11.6 Å². The molecule has 0 fully saturated rings. The van der Waals surface area contributed by atoms with Gasteiger partial charge in [-0.3, -0.25) is 0 Å². The molecule has 0 aliphatic heterocycles. The van der Waals surface area contributed by atoms with Crippen LogP contribution < -0.4 is 23.9 Å². The van der Waals surface area contributed by atoms with E-state index in [2.05, 4.69) is 96.8 Å². The molecular formula is C33H51ClLiN2O+. The summed E-state index contributed by atoms with van der Waals surface area (Å²) < 4.78 is 4.83. The molecule has 0 radical (unpaired) electrons. The monoisotopic (exact) mass is 533 g/mol. The van der Waals surface area contributed by atoms with E-state index in [0.717, 1.165) is 30.3 Å². The summed E-state index contributed by atoms with van der Waals surface area (Å²) >= 11 is 6.90. The Kier molecular flexibility index (Phi) is 17.3. The fraction of sp³-hybridized carbons (Fsp3) is 0.545. The number of hydrogen-bond acceptors (Lipinski definition) is 1. The Labute approximate surface area is 251 Å². The van der Waals surface area contributed by atoms with Gasteiger partial charge in [-0.1, -0.05) is 121 Å². The Hall–Kier alpha value is -1.50. The third kappa shape index (κ3) is 10.6. The number of allylic oxidation sites excluding steroid dienone is 2. The molecule has 0 aliphatic carbocycles. The SMILES string of the molecule is CC(=[NH+]c1c(C(C)C)cccc1C(C)C)/C(Cl)=C(/C)[N-]c1c(C(C)C)cccc1C(C)C.CCOCC.[Li+]. The first-order valence-corrected chi connectivity index (χ1v) is 14.3. The maximum atomic E-state index is 6.90. The molecule has 0 heterocycles. The molecule has 0 amide bonds. The predicted octanol–water partition coefficient (Wildman–Crippen LogP) is 6.58. The molecule has 38 heavy (non-hydrogen) atoms. The molecular weight excluding hydrogens is 483 g/mol. The first kappa shape index (κ1) is 36.5. The van der Waals surface area contributed by atoms with E-state index in [-0.39, 0.29) is 18.9 Å². The van der Waals surface area contributed by atoms with Crippen LogP contribution in [0, 0.1) is 0 Å². The van der Waals surface area contributed by atoms with Crippen molar-refractivity contribution in [2.24, 2.45) is 0 Å². The van der Waals surface area contributed by atoms with Gasteiger partial charge in [0.15, 0.2) is 5.71 Å². The molecule has 0 atom stereocenters.